The maximum absolute atomic E-state index is 5.84. The summed E-state index contributed by atoms with van der Waals surface area (Å²) in [6.45, 7) is 0.529. The second kappa shape index (κ2) is 8.48. The lowest BCUT2D eigenvalue weighted by Crippen LogP contribution is -2.00. The van der Waals surface area contributed by atoms with Crippen LogP contribution < -0.4 is 19.5 Å². The normalized spacial score (nSPS) is 10.6. The molecule has 3 aromatic carbocycles. The number of rotatable bonds is 7. The van der Waals surface area contributed by atoms with Crippen LogP contribution in [0.25, 0.3) is 10.9 Å². The minimum absolute atomic E-state index is 0.529. The molecular weight excluding hydrogens is 366 g/mol. The van der Waals surface area contributed by atoms with Gasteiger partial charge in [0, 0.05) is 5.69 Å². The molecule has 6 nitrogen and oxygen atoms in total. The van der Waals surface area contributed by atoms with Crippen molar-refractivity contribution in [3.63, 3.8) is 0 Å². The van der Waals surface area contributed by atoms with Crippen molar-refractivity contribution in [2.45, 2.75) is 6.61 Å². The number of ether oxygens (including phenoxy) is 3. The van der Waals surface area contributed by atoms with Crippen LogP contribution in [-0.4, -0.2) is 24.2 Å². The van der Waals surface area contributed by atoms with E-state index in [0.717, 1.165) is 27.9 Å². The zero-order chi connectivity index (χ0) is 20.1. The number of hydrogen-bond acceptors (Lipinski definition) is 6. The Morgan fingerprint density at radius 3 is 2.34 bits per heavy atom. The summed E-state index contributed by atoms with van der Waals surface area (Å²) in [5, 5.41) is 4.09. The molecule has 0 aliphatic heterocycles. The van der Waals surface area contributed by atoms with Gasteiger partial charge in [0.15, 0.2) is 11.5 Å². The molecule has 0 spiro atoms. The highest BCUT2D eigenvalue weighted by Crippen LogP contribution is 2.38. The quantitative estimate of drug-likeness (QED) is 0.483. The van der Waals surface area contributed by atoms with Crippen molar-refractivity contribution in [2.24, 2.45) is 0 Å². The summed E-state index contributed by atoms with van der Waals surface area (Å²) < 4.78 is 16.8. The topological polar surface area (TPSA) is 65.5 Å². The Morgan fingerprint density at radius 2 is 1.62 bits per heavy atom. The number of hydrogen-bond donors (Lipinski definition) is 1. The molecule has 0 amide bonds. The van der Waals surface area contributed by atoms with E-state index < -0.39 is 0 Å². The number of anilines is 2. The van der Waals surface area contributed by atoms with Crippen LogP contribution in [0, 0.1) is 0 Å². The van der Waals surface area contributed by atoms with Gasteiger partial charge in [0.25, 0.3) is 0 Å². The second-order valence-electron chi connectivity index (χ2n) is 6.34. The summed E-state index contributed by atoms with van der Waals surface area (Å²) in [6.07, 6.45) is 1.52. The summed E-state index contributed by atoms with van der Waals surface area (Å²) in [5.41, 5.74) is 2.77. The predicted octanol–water partition coefficient (Wildman–Crippen LogP) is 4.97. The van der Waals surface area contributed by atoms with E-state index in [1.807, 2.05) is 66.7 Å². The second-order valence-corrected chi connectivity index (χ2v) is 6.34. The molecule has 0 radical (unpaired) electrons. The molecule has 4 aromatic rings. The fourth-order valence-electron chi connectivity index (χ4n) is 3.07. The van der Waals surface area contributed by atoms with Gasteiger partial charge >= 0.3 is 0 Å². The molecule has 29 heavy (non-hydrogen) atoms. The van der Waals surface area contributed by atoms with Crippen LogP contribution in [0.5, 0.6) is 17.2 Å². The highest BCUT2D eigenvalue weighted by atomic mass is 16.5. The van der Waals surface area contributed by atoms with Crippen molar-refractivity contribution in [2.75, 3.05) is 19.5 Å². The standard InChI is InChI=1S/C23H21N3O3/c1-27-20-13-12-19-21(22(20)28-2)23(25-15-24-19)26-17-8-10-18(11-9-17)29-14-16-6-4-3-5-7-16/h3-13,15H,14H2,1-2H3,(H,24,25,26). The van der Waals surface area contributed by atoms with Crippen molar-refractivity contribution in [1.29, 1.82) is 0 Å². The van der Waals surface area contributed by atoms with Gasteiger partial charge < -0.3 is 19.5 Å². The third-order valence-electron chi connectivity index (χ3n) is 4.51. The van der Waals surface area contributed by atoms with Crippen LogP contribution in [0.3, 0.4) is 0 Å². The van der Waals surface area contributed by atoms with E-state index >= 15 is 0 Å². The summed E-state index contributed by atoms with van der Waals surface area (Å²) in [4.78, 5) is 8.72. The smallest absolute Gasteiger partial charge is 0.173 e. The molecular formula is C23H21N3O3. The summed E-state index contributed by atoms with van der Waals surface area (Å²) in [5.74, 6) is 2.66. The fourth-order valence-corrected chi connectivity index (χ4v) is 3.07. The van der Waals surface area contributed by atoms with Gasteiger partial charge in [-0.25, -0.2) is 9.97 Å². The van der Waals surface area contributed by atoms with Crippen molar-refractivity contribution in [1.82, 2.24) is 9.97 Å². The fraction of sp³-hybridized carbons (Fsp3) is 0.130. The first kappa shape index (κ1) is 18.6. The van der Waals surface area contributed by atoms with E-state index in [1.165, 1.54) is 6.33 Å². The van der Waals surface area contributed by atoms with Gasteiger partial charge in [0.2, 0.25) is 0 Å². The van der Waals surface area contributed by atoms with Crippen LogP contribution in [0.1, 0.15) is 5.56 Å². The highest BCUT2D eigenvalue weighted by Gasteiger charge is 2.15. The van der Waals surface area contributed by atoms with Crippen molar-refractivity contribution in [3.05, 3.63) is 78.6 Å². The monoisotopic (exact) mass is 387 g/mol. The lowest BCUT2D eigenvalue weighted by Gasteiger charge is -2.14. The molecule has 0 fully saturated rings. The molecule has 0 atom stereocenters. The molecule has 0 aliphatic carbocycles. The molecule has 0 unspecified atom stereocenters. The van der Waals surface area contributed by atoms with Crippen LogP contribution >= 0.6 is 0 Å². The van der Waals surface area contributed by atoms with Crippen LogP contribution in [0.2, 0.25) is 0 Å². The van der Waals surface area contributed by atoms with Crippen LogP contribution in [0.15, 0.2) is 73.1 Å². The van der Waals surface area contributed by atoms with Crippen molar-refractivity contribution >= 4 is 22.4 Å². The lowest BCUT2D eigenvalue weighted by molar-refractivity contribution is 0.306. The maximum atomic E-state index is 5.84. The Labute approximate surface area is 169 Å². The van der Waals surface area contributed by atoms with Gasteiger partial charge in [-0.2, -0.15) is 0 Å². The Bertz CT molecular complexity index is 1100. The van der Waals surface area contributed by atoms with Crippen molar-refractivity contribution in [3.8, 4) is 17.2 Å². The largest absolute Gasteiger partial charge is 0.493 e. The molecule has 4 rings (SSSR count). The molecule has 0 saturated carbocycles. The number of benzene rings is 3. The van der Waals surface area contributed by atoms with E-state index in [4.69, 9.17) is 14.2 Å². The van der Waals surface area contributed by atoms with Crippen LogP contribution in [-0.2, 0) is 6.61 Å². The Kier molecular flexibility index (Phi) is 5.42. The summed E-state index contributed by atoms with van der Waals surface area (Å²) in [7, 11) is 3.21. The zero-order valence-electron chi connectivity index (χ0n) is 16.3. The SMILES string of the molecule is COc1ccc2ncnc(Nc3ccc(OCc4ccccc4)cc3)c2c1OC. The molecule has 1 aromatic heterocycles. The number of nitrogens with zero attached hydrogens (tertiary/aromatic N) is 2. The third-order valence-corrected chi connectivity index (χ3v) is 4.51. The van der Waals surface area contributed by atoms with Gasteiger partial charge in [-0.05, 0) is 42.0 Å². The number of aromatic nitrogens is 2. The minimum atomic E-state index is 0.529. The average Bonchev–Trinajstić information content (AvgIpc) is 2.78. The molecule has 0 bridgehead atoms. The lowest BCUT2D eigenvalue weighted by atomic mass is 10.2. The first-order valence-electron chi connectivity index (χ1n) is 9.18. The van der Waals surface area contributed by atoms with Gasteiger partial charge in [-0.3, -0.25) is 0 Å². The van der Waals surface area contributed by atoms with E-state index in [1.54, 1.807) is 14.2 Å². The Hall–Kier alpha value is -3.80. The van der Waals surface area contributed by atoms with E-state index in [0.29, 0.717) is 23.9 Å². The molecule has 0 saturated heterocycles. The highest BCUT2D eigenvalue weighted by molar-refractivity contribution is 5.97. The molecule has 1 heterocycles. The molecule has 6 heteroatoms. The molecule has 1 N–H and O–H groups in total. The minimum Gasteiger partial charge on any atom is -0.493 e. The van der Waals surface area contributed by atoms with Crippen LogP contribution in [0.4, 0.5) is 11.5 Å². The number of methoxy groups -OCH3 is 2. The van der Waals surface area contributed by atoms with E-state index in [-0.39, 0.29) is 0 Å². The van der Waals surface area contributed by atoms with Gasteiger partial charge in [-0.1, -0.05) is 30.3 Å². The number of fused-ring (bicyclic) bond motifs is 1. The van der Waals surface area contributed by atoms with E-state index in [9.17, 15) is 0 Å². The first-order valence-corrected chi connectivity index (χ1v) is 9.18. The Balaban J connectivity index is 1.55. The van der Waals surface area contributed by atoms with Gasteiger partial charge in [-0.15, -0.1) is 0 Å². The predicted molar refractivity (Wildman–Crippen MR) is 113 cm³/mol. The number of nitrogens with one attached hydrogen (secondary N) is 1. The van der Waals surface area contributed by atoms with Gasteiger partial charge in [0.1, 0.15) is 24.5 Å². The average molecular weight is 387 g/mol. The zero-order valence-corrected chi connectivity index (χ0v) is 16.3. The molecule has 0 aliphatic rings. The molecule has 146 valence electrons. The maximum Gasteiger partial charge on any atom is 0.173 e. The Morgan fingerprint density at radius 1 is 0.828 bits per heavy atom. The van der Waals surface area contributed by atoms with Gasteiger partial charge in [0.05, 0.1) is 25.1 Å². The summed E-state index contributed by atoms with van der Waals surface area (Å²) in [6, 6.07) is 21.5. The van der Waals surface area contributed by atoms with E-state index in [2.05, 4.69) is 15.3 Å². The third kappa shape index (κ3) is 4.06. The summed E-state index contributed by atoms with van der Waals surface area (Å²) >= 11 is 0. The van der Waals surface area contributed by atoms with Crippen molar-refractivity contribution < 1.29 is 14.2 Å². The first-order chi connectivity index (χ1) is 14.3.